The van der Waals surface area contributed by atoms with E-state index >= 15 is 0 Å². The first-order valence-corrected chi connectivity index (χ1v) is 9.40. The van der Waals surface area contributed by atoms with Crippen LogP contribution in [0.4, 0.5) is 29.3 Å². The van der Waals surface area contributed by atoms with Gasteiger partial charge in [0.15, 0.2) is 11.5 Å². The first kappa shape index (κ1) is 20.4. The van der Waals surface area contributed by atoms with Crippen LogP contribution >= 0.6 is 11.6 Å². The summed E-state index contributed by atoms with van der Waals surface area (Å²) in [6.07, 6.45) is -5.06. The highest BCUT2D eigenvalue weighted by Crippen LogP contribution is 2.46. The predicted molar refractivity (Wildman–Crippen MR) is 103 cm³/mol. The SMILES string of the molecule is O=C(Nc1ccc(N2CCOCC2)cc1)N[C@@]1(C(F)(F)F)Oc2ccc(Cl)cc2O1. The first-order chi connectivity index (χ1) is 14.3. The van der Waals surface area contributed by atoms with Crippen LogP contribution in [0.5, 0.6) is 11.5 Å². The Balaban J connectivity index is 1.45. The van der Waals surface area contributed by atoms with Crippen LogP contribution in [-0.2, 0) is 4.74 Å². The maximum Gasteiger partial charge on any atom is 0.492 e. The molecule has 1 fully saturated rings. The molecule has 2 aliphatic rings. The number of halogens is 4. The van der Waals surface area contributed by atoms with E-state index in [9.17, 15) is 18.0 Å². The highest BCUT2D eigenvalue weighted by atomic mass is 35.5. The fourth-order valence-corrected chi connectivity index (χ4v) is 3.27. The standard InChI is InChI=1S/C19H17ClF3N3O4/c20-12-1-6-15-16(11-12)30-19(29-15,18(21,22)23)25-17(27)24-13-2-4-14(5-3-13)26-7-9-28-10-8-26/h1-6,11H,7-10H2,(H2,24,25,27)/t19-/m0/s1. The van der Waals surface area contributed by atoms with Crippen molar-refractivity contribution in [2.45, 2.75) is 12.1 Å². The van der Waals surface area contributed by atoms with E-state index in [1.165, 1.54) is 18.2 Å². The van der Waals surface area contributed by atoms with Crippen molar-refractivity contribution in [2.75, 3.05) is 36.5 Å². The Labute approximate surface area is 174 Å². The van der Waals surface area contributed by atoms with Gasteiger partial charge in [0.05, 0.1) is 13.2 Å². The number of benzene rings is 2. The molecule has 7 nitrogen and oxygen atoms in total. The molecule has 2 aromatic rings. The Hall–Kier alpha value is -2.85. The van der Waals surface area contributed by atoms with Crippen LogP contribution < -0.4 is 25.0 Å². The molecule has 30 heavy (non-hydrogen) atoms. The molecular weight excluding hydrogens is 427 g/mol. The molecule has 1 saturated heterocycles. The average Bonchev–Trinajstić information content (AvgIpc) is 3.07. The number of nitrogens with one attached hydrogen (secondary N) is 2. The lowest BCUT2D eigenvalue weighted by molar-refractivity contribution is -0.317. The zero-order chi connectivity index (χ0) is 21.4. The molecule has 0 aromatic heterocycles. The van der Waals surface area contributed by atoms with Gasteiger partial charge in [0.1, 0.15) is 0 Å². The second-order valence-corrected chi connectivity index (χ2v) is 7.07. The number of ether oxygens (including phenoxy) is 3. The molecule has 0 aliphatic carbocycles. The van der Waals surface area contributed by atoms with Gasteiger partial charge in [-0.25, -0.2) is 4.79 Å². The van der Waals surface area contributed by atoms with Crippen LogP contribution in [-0.4, -0.2) is 44.4 Å². The van der Waals surface area contributed by atoms with Gasteiger partial charge in [0, 0.05) is 35.6 Å². The van der Waals surface area contributed by atoms with Gasteiger partial charge in [0.2, 0.25) is 0 Å². The van der Waals surface area contributed by atoms with E-state index in [0.717, 1.165) is 18.8 Å². The van der Waals surface area contributed by atoms with Crippen molar-refractivity contribution in [3.63, 3.8) is 0 Å². The van der Waals surface area contributed by atoms with Crippen molar-refractivity contribution in [3.05, 3.63) is 47.5 Å². The first-order valence-electron chi connectivity index (χ1n) is 9.02. The number of hydrogen-bond acceptors (Lipinski definition) is 5. The monoisotopic (exact) mass is 443 g/mol. The zero-order valence-corrected chi connectivity index (χ0v) is 16.2. The molecule has 160 valence electrons. The highest BCUT2D eigenvalue weighted by molar-refractivity contribution is 6.30. The van der Waals surface area contributed by atoms with E-state index in [1.54, 1.807) is 29.6 Å². The van der Waals surface area contributed by atoms with E-state index in [2.05, 4.69) is 10.2 Å². The number of carbonyl (C=O) groups excluding carboxylic acids is 1. The van der Waals surface area contributed by atoms with E-state index in [4.69, 9.17) is 25.8 Å². The van der Waals surface area contributed by atoms with Gasteiger partial charge >= 0.3 is 18.1 Å². The summed E-state index contributed by atoms with van der Waals surface area (Å²) in [5.74, 6) is -3.78. The number of rotatable bonds is 3. The predicted octanol–water partition coefficient (Wildman–Crippen LogP) is 3.99. The highest BCUT2D eigenvalue weighted by Gasteiger charge is 2.65. The number of urea groups is 1. The van der Waals surface area contributed by atoms with Gasteiger partial charge in [-0.1, -0.05) is 11.6 Å². The number of nitrogens with zero attached hydrogens (tertiary/aromatic N) is 1. The Bertz CT molecular complexity index is 936. The van der Waals surface area contributed by atoms with Crippen molar-refractivity contribution in [3.8, 4) is 11.5 Å². The summed E-state index contributed by atoms with van der Waals surface area (Å²) in [6, 6.07) is 9.33. The van der Waals surface area contributed by atoms with Crippen molar-refractivity contribution < 1.29 is 32.2 Å². The second-order valence-electron chi connectivity index (χ2n) is 6.63. The quantitative estimate of drug-likeness (QED) is 0.750. The van der Waals surface area contributed by atoms with Gasteiger partial charge < -0.3 is 24.4 Å². The lowest BCUT2D eigenvalue weighted by atomic mass is 10.2. The third kappa shape index (κ3) is 4.05. The summed E-state index contributed by atoms with van der Waals surface area (Å²) in [5, 5.41) is 4.26. The van der Waals surface area contributed by atoms with E-state index < -0.39 is 18.1 Å². The van der Waals surface area contributed by atoms with Gasteiger partial charge in [-0.05, 0) is 36.4 Å². The molecule has 2 aromatic carbocycles. The number of hydrogen-bond donors (Lipinski definition) is 2. The minimum Gasteiger partial charge on any atom is -0.424 e. The number of carbonyl (C=O) groups is 1. The molecule has 0 saturated carbocycles. The van der Waals surface area contributed by atoms with Crippen LogP contribution in [0.3, 0.4) is 0 Å². The van der Waals surface area contributed by atoms with Gasteiger partial charge in [-0.2, -0.15) is 13.2 Å². The maximum atomic E-state index is 13.7. The fraction of sp³-hybridized carbons (Fsp3) is 0.316. The molecule has 11 heteroatoms. The number of anilines is 2. The van der Waals surface area contributed by atoms with Crippen LogP contribution in [0.1, 0.15) is 0 Å². The molecule has 0 spiro atoms. The summed E-state index contributed by atoms with van der Waals surface area (Å²) in [5.41, 5.74) is 1.23. The molecule has 0 radical (unpaired) electrons. The second kappa shape index (κ2) is 7.77. The third-order valence-corrected chi connectivity index (χ3v) is 4.80. The molecule has 2 heterocycles. The molecule has 2 N–H and O–H groups in total. The van der Waals surface area contributed by atoms with E-state index in [-0.39, 0.29) is 16.5 Å². The van der Waals surface area contributed by atoms with Crippen LogP contribution in [0.2, 0.25) is 5.02 Å². The average molecular weight is 444 g/mol. The molecule has 4 rings (SSSR count). The van der Waals surface area contributed by atoms with Crippen LogP contribution in [0.15, 0.2) is 42.5 Å². The molecule has 0 bridgehead atoms. The number of fused-ring (bicyclic) bond motifs is 1. The van der Waals surface area contributed by atoms with Crippen LogP contribution in [0.25, 0.3) is 0 Å². The third-order valence-electron chi connectivity index (χ3n) is 4.57. The fourth-order valence-electron chi connectivity index (χ4n) is 3.10. The lowest BCUT2D eigenvalue weighted by Gasteiger charge is -2.30. The summed E-state index contributed by atoms with van der Waals surface area (Å²) in [4.78, 5) is 14.4. The zero-order valence-electron chi connectivity index (χ0n) is 15.5. The summed E-state index contributed by atoms with van der Waals surface area (Å²) in [6.45, 7) is 2.71. The Morgan fingerprint density at radius 2 is 1.70 bits per heavy atom. The summed E-state index contributed by atoms with van der Waals surface area (Å²) < 4.78 is 56.2. The Morgan fingerprint density at radius 1 is 1.03 bits per heavy atom. The topological polar surface area (TPSA) is 72.1 Å². The van der Waals surface area contributed by atoms with Gasteiger partial charge in [0.25, 0.3) is 0 Å². The minimum absolute atomic E-state index is 0.167. The van der Waals surface area contributed by atoms with Gasteiger partial charge in [-0.3, -0.25) is 5.32 Å². The van der Waals surface area contributed by atoms with E-state index in [1.807, 2.05) is 0 Å². The normalized spacial score (nSPS) is 20.7. The van der Waals surface area contributed by atoms with Crippen molar-refractivity contribution in [1.82, 2.24) is 5.32 Å². The van der Waals surface area contributed by atoms with Crippen molar-refractivity contribution >= 4 is 29.0 Å². The Morgan fingerprint density at radius 3 is 2.37 bits per heavy atom. The molecule has 2 amide bonds. The Kier molecular flexibility index (Phi) is 5.29. The minimum atomic E-state index is -5.06. The number of amides is 2. The lowest BCUT2D eigenvalue weighted by Crippen LogP contribution is -2.65. The van der Waals surface area contributed by atoms with Crippen LogP contribution in [0, 0.1) is 0 Å². The molecule has 0 unspecified atom stereocenters. The van der Waals surface area contributed by atoms with Gasteiger partial charge in [-0.15, -0.1) is 0 Å². The number of alkyl halides is 3. The molecular formula is C19H17ClF3N3O4. The molecule has 1 atom stereocenters. The largest absolute Gasteiger partial charge is 0.492 e. The van der Waals surface area contributed by atoms with Crippen molar-refractivity contribution in [1.29, 1.82) is 0 Å². The maximum absolute atomic E-state index is 13.7. The van der Waals surface area contributed by atoms with Crippen molar-refractivity contribution in [2.24, 2.45) is 0 Å². The molecule has 2 aliphatic heterocycles. The summed E-state index contributed by atoms with van der Waals surface area (Å²) in [7, 11) is 0. The summed E-state index contributed by atoms with van der Waals surface area (Å²) >= 11 is 5.79. The van der Waals surface area contributed by atoms with E-state index in [0.29, 0.717) is 18.9 Å². The number of morpholine rings is 1. The smallest absolute Gasteiger partial charge is 0.424 e.